The first kappa shape index (κ1) is 12.2. The lowest BCUT2D eigenvalue weighted by molar-refractivity contribution is -0.244. The zero-order valence-electron chi connectivity index (χ0n) is 7.72. The van der Waals surface area contributed by atoms with Crippen molar-refractivity contribution in [2.24, 2.45) is 0 Å². The Morgan fingerprint density at radius 2 is 1.69 bits per heavy atom. The fraction of sp³-hybridized carbons (Fsp3) is 0.100. The van der Waals surface area contributed by atoms with Crippen LogP contribution >= 0.6 is 0 Å². The third-order valence-corrected chi connectivity index (χ3v) is 1.67. The highest BCUT2D eigenvalue weighted by atomic mass is 19.4. The summed E-state index contributed by atoms with van der Waals surface area (Å²) in [6.07, 6.45) is -5.14. The SMILES string of the molecule is O=C(/C=C(/[O-])c1ccc(F)cc1)C(F)(F)F. The minimum absolute atomic E-state index is 0.0623. The topological polar surface area (TPSA) is 40.1 Å². The molecule has 0 atom stereocenters. The van der Waals surface area contributed by atoms with Gasteiger partial charge in [0.15, 0.2) is 0 Å². The highest BCUT2D eigenvalue weighted by molar-refractivity contribution is 5.98. The normalized spacial score (nSPS) is 12.6. The van der Waals surface area contributed by atoms with Crippen LogP contribution in [0.15, 0.2) is 30.3 Å². The maximum atomic E-state index is 12.4. The number of benzene rings is 1. The number of halogens is 4. The highest BCUT2D eigenvalue weighted by Gasteiger charge is 2.36. The van der Waals surface area contributed by atoms with Crippen molar-refractivity contribution in [1.82, 2.24) is 0 Å². The second kappa shape index (κ2) is 4.34. The number of rotatable bonds is 2. The molecule has 1 aromatic rings. The molecular formula is C10H5F4O2-. The van der Waals surface area contributed by atoms with Crippen LogP contribution in [0.2, 0.25) is 0 Å². The van der Waals surface area contributed by atoms with Gasteiger partial charge in [-0.15, -0.1) is 0 Å². The maximum Gasteiger partial charge on any atom is 0.454 e. The number of carbonyl (C=O) groups excluding carboxylic acids is 1. The molecule has 86 valence electrons. The van der Waals surface area contributed by atoms with Gasteiger partial charge in [0.1, 0.15) is 5.82 Å². The van der Waals surface area contributed by atoms with Gasteiger partial charge in [-0.2, -0.15) is 13.2 Å². The molecule has 0 saturated carbocycles. The van der Waals surface area contributed by atoms with Gasteiger partial charge < -0.3 is 5.11 Å². The highest BCUT2D eigenvalue weighted by Crippen LogP contribution is 2.18. The molecule has 6 heteroatoms. The minimum Gasteiger partial charge on any atom is -0.872 e. The Labute approximate surface area is 87.8 Å². The molecule has 0 aliphatic rings. The Morgan fingerprint density at radius 1 is 1.19 bits per heavy atom. The molecule has 0 aliphatic heterocycles. The van der Waals surface area contributed by atoms with Gasteiger partial charge in [-0.25, -0.2) is 4.39 Å². The molecular weight excluding hydrogens is 228 g/mol. The van der Waals surface area contributed by atoms with E-state index in [9.17, 15) is 27.5 Å². The van der Waals surface area contributed by atoms with Crippen LogP contribution in [0.4, 0.5) is 17.6 Å². The molecule has 0 aliphatic carbocycles. The van der Waals surface area contributed by atoms with Gasteiger partial charge in [0.05, 0.1) is 0 Å². The second-order valence-corrected chi connectivity index (χ2v) is 2.88. The van der Waals surface area contributed by atoms with E-state index in [0.29, 0.717) is 0 Å². The number of hydrogen-bond donors (Lipinski definition) is 0. The Morgan fingerprint density at radius 3 is 2.12 bits per heavy atom. The van der Waals surface area contributed by atoms with Crippen molar-refractivity contribution in [3.8, 4) is 0 Å². The first-order valence-corrected chi connectivity index (χ1v) is 4.06. The second-order valence-electron chi connectivity index (χ2n) is 2.88. The van der Waals surface area contributed by atoms with Crippen molar-refractivity contribution in [2.75, 3.05) is 0 Å². The molecule has 1 rings (SSSR count). The average Bonchev–Trinajstić information content (AvgIpc) is 2.17. The van der Waals surface area contributed by atoms with Crippen LogP contribution in [0.1, 0.15) is 5.56 Å². The molecule has 0 N–H and O–H groups in total. The van der Waals surface area contributed by atoms with Crippen LogP contribution in [-0.4, -0.2) is 12.0 Å². The molecule has 0 amide bonds. The zero-order valence-corrected chi connectivity index (χ0v) is 7.72. The Balaban J connectivity index is 2.94. The summed E-state index contributed by atoms with van der Waals surface area (Å²) < 4.78 is 47.8. The van der Waals surface area contributed by atoms with Gasteiger partial charge in [-0.05, 0) is 23.8 Å². The lowest BCUT2D eigenvalue weighted by Gasteiger charge is -2.12. The maximum absolute atomic E-state index is 12.4. The first-order chi connectivity index (χ1) is 7.30. The van der Waals surface area contributed by atoms with Crippen LogP contribution in [0.3, 0.4) is 0 Å². The molecule has 16 heavy (non-hydrogen) atoms. The van der Waals surface area contributed by atoms with Gasteiger partial charge in [-0.3, -0.25) is 4.79 Å². The minimum atomic E-state index is -5.07. The third kappa shape index (κ3) is 3.08. The number of allylic oxidation sites excluding steroid dienone is 1. The summed E-state index contributed by atoms with van der Waals surface area (Å²) in [5, 5.41) is 11.1. The molecule has 0 bridgehead atoms. The van der Waals surface area contributed by atoms with Crippen LogP contribution in [0.5, 0.6) is 0 Å². The Hall–Kier alpha value is -1.85. The summed E-state index contributed by atoms with van der Waals surface area (Å²) in [5.74, 6) is -3.97. The monoisotopic (exact) mass is 233 g/mol. The predicted octanol–water partition coefficient (Wildman–Crippen LogP) is 1.66. The number of alkyl halides is 3. The van der Waals surface area contributed by atoms with Gasteiger partial charge in [0, 0.05) is 0 Å². The van der Waals surface area contributed by atoms with Crippen molar-refractivity contribution in [3.63, 3.8) is 0 Å². The van der Waals surface area contributed by atoms with E-state index in [1.54, 1.807) is 0 Å². The summed E-state index contributed by atoms with van der Waals surface area (Å²) in [6.45, 7) is 0. The fourth-order valence-electron chi connectivity index (χ4n) is 0.898. The van der Waals surface area contributed by atoms with Crippen LogP contribution in [0, 0.1) is 5.82 Å². The summed E-state index contributed by atoms with van der Waals surface area (Å²) in [7, 11) is 0. The molecule has 0 heterocycles. The van der Waals surface area contributed by atoms with Gasteiger partial charge in [-0.1, -0.05) is 17.9 Å². The molecule has 1 aromatic carbocycles. The summed E-state index contributed by atoms with van der Waals surface area (Å²) >= 11 is 0. The Bertz CT molecular complexity index is 417. The van der Waals surface area contributed by atoms with E-state index in [0.717, 1.165) is 24.3 Å². The van der Waals surface area contributed by atoms with Crippen LogP contribution in [-0.2, 0) is 4.79 Å². The molecule has 0 fully saturated rings. The number of carbonyl (C=O) groups is 1. The smallest absolute Gasteiger partial charge is 0.454 e. The summed E-state index contributed by atoms with van der Waals surface area (Å²) in [6, 6.07) is 3.83. The van der Waals surface area contributed by atoms with Gasteiger partial charge in [0.25, 0.3) is 5.78 Å². The summed E-state index contributed by atoms with van der Waals surface area (Å²) in [4.78, 5) is 10.4. The zero-order chi connectivity index (χ0) is 12.3. The average molecular weight is 233 g/mol. The largest absolute Gasteiger partial charge is 0.872 e. The van der Waals surface area contributed by atoms with Crippen molar-refractivity contribution in [2.45, 2.75) is 6.18 Å². The molecule has 0 aromatic heterocycles. The molecule has 0 saturated heterocycles. The lowest BCUT2D eigenvalue weighted by atomic mass is 10.1. The fourth-order valence-corrected chi connectivity index (χ4v) is 0.898. The molecule has 2 nitrogen and oxygen atoms in total. The predicted molar refractivity (Wildman–Crippen MR) is 45.4 cm³/mol. The van der Waals surface area contributed by atoms with Crippen LogP contribution in [0.25, 0.3) is 5.76 Å². The van der Waals surface area contributed by atoms with E-state index in [2.05, 4.69) is 0 Å². The van der Waals surface area contributed by atoms with Crippen molar-refractivity contribution in [1.29, 1.82) is 0 Å². The molecule has 0 radical (unpaired) electrons. The number of hydrogen-bond acceptors (Lipinski definition) is 2. The van der Waals surface area contributed by atoms with E-state index >= 15 is 0 Å². The van der Waals surface area contributed by atoms with E-state index in [1.165, 1.54) is 0 Å². The molecule has 0 unspecified atom stereocenters. The quantitative estimate of drug-likeness (QED) is 0.442. The van der Waals surface area contributed by atoms with E-state index < -0.39 is 23.5 Å². The summed E-state index contributed by atoms with van der Waals surface area (Å²) in [5.41, 5.74) is -0.181. The van der Waals surface area contributed by atoms with E-state index in [1.807, 2.05) is 0 Å². The van der Waals surface area contributed by atoms with Gasteiger partial charge >= 0.3 is 6.18 Å². The standard InChI is InChI=1S/C10H6F4O2/c11-7-3-1-6(2-4-7)8(15)5-9(16)10(12,13)14/h1-5,15H/p-1/b8-5+. The van der Waals surface area contributed by atoms with Crippen LogP contribution < -0.4 is 5.11 Å². The van der Waals surface area contributed by atoms with E-state index in [-0.39, 0.29) is 11.6 Å². The third-order valence-electron chi connectivity index (χ3n) is 1.67. The van der Waals surface area contributed by atoms with E-state index in [4.69, 9.17) is 0 Å². The number of ketones is 1. The van der Waals surface area contributed by atoms with Crippen molar-refractivity contribution in [3.05, 3.63) is 41.7 Å². The Kier molecular flexibility index (Phi) is 3.31. The first-order valence-electron chi connectivity index (χ1n) is 4.06. The van der Waals surface area contributed by atoms with Gasteiger partial charge in [0.2, 0.25) is 0 Å². The van der Waals surface area contributed by atoms with Crippen molar-refractivity contribution >= 4 is 11.5 Å². The molecule has 0 spiro atoms. The van der Waals surface area contributed by atoms with Crippen molar-refractivity contribution < 1.29 is 27.5 Å². The lowest BCUT2D eigenvalue weighted by Crippen LogP contribution is -2.21.